The van der Waals surface area contributed by atoms with E-state index in [4.69, 9.17) is 0 Å². The van der Waals surface area contributed by atoms with Crippen molar-refractivity contribution in [3.05, 3.63) is 16.1 Å². The monoisotopic (exact) mass is 282 g/mol. The Kier molecular flexibility index (Phi) is 4.95. The zero-order valence-corrected chi connectivity index (χ0v) is 13.4. The molecule has 108 valence electrons. The third-order valence-corrected chi connectivity index (χ3v) is 4.71. The lowest BCUT2D eigenvalue weighted by Crippen LogP contribution is -2.57. The molecule has 1 aromatic heterocycles. The van der Waals surface area contributed by atoms with E-state index in [1.165, 1.54) is 26.2 Å². The number of aromatic nitrogens is 1. The number of thiazole rings is 1. The Labute approximate surface area is 120 Å². The zero-order valence-electron chi connectivity index (χ0n) is 12.6. The summed E-state index contributed by atoms with van der Waals surface area (Å²) in [4.78, 5) is 9.48. The number of nitrogens with zero attached hydrogens (tertiary/aromatic N) is 3. The highest BCUT2D eigenvalue weighted by molar-refractivity contribution is 7.09. The summed E-state index contributed by atoms with van der Waals surface area (Å²) in [6, 6.07) is 0. The van der Waals surface area contributed by atoms with Gasteiger partial charge in [0, 0.05) is 50.2 Å². The number of rotatable bonds is 5. The van der Waals surface area contributed by atoms with Crippen molar-refractivity contribution in [3.8, 4) is 0 Å². The molecule has 1 fully saturated rings. The van der Waals surface area contributed by atoms with Crippen molar-refractivity contribution in [3.63, 3.8) is 0 Å². The summed E-state index contributed by atoms with van der Waals surface area (Å²) in [5.74, 6) is 0. The van der Waals surface area contributed by atoms with Crippen molar-refractivity contribution in [2.24, 2.45) is 0 Å². The van der Waals surface area contributed by atoms with Crippen LogP contribution in [0, 0.1) is 6.92 Å². The predicted octanol–water partition coefficient (Wildman–Crippen LogP) is 1.57. The molecule has 0 amide bonds. The van der Waals surface area contributed by atoms with Gasteiger partial charge in [0.15, 0.2) is 0 Å². The van der Waals surface area contributed by atoms with Crippen molar-refractivity contribution in [1.29, 1.82) is 0 Å². The van der Waals surface area contributed by atoms with E-state index in [0.717, 1.165) is 23.8 Å². The number of piperazine rings is 1. The van der Waals surface area contributed by atoms with Crippen LogP contribution < -0.4 is 5.32 Å². The Hall–Kier alpha value is -0.490. The maximum Gasteiger partial charge on any atom is 0.0897 e. The van der Waals surface area contributed by atoms with Crippen LogP contribution in [-0.2, 0) is 6.54 Å². The lowest BCUT2D eigenvalue weighted by atomic mass is 10.0. The maximum absolute atomic E-state index is 4.49. The van der Waals surface area contributed by atoms with Gasteiger partial charge in [0.25, 0.3) is 0 Å². The highest BCUT2D eigenvalue weighted by Crippen LogP contribution is 2.16. The average molecular weight is 282 g/mol. The summed E-state index contributed by atoms with van der Waals surface area (Å²) in [6.45, 7) is 13.3. The van der Waals surface area contributed by atoms with Gasteiger partial charge in [-0.05, 0) is 27.8 Å². The average Bonchev–Trinajstić information content (AvgIpc) is 2.75. The van der Waals surface area contributed by atoms with Crippen molar-refractivity contribution >= 4 is 11.3 Å². The molecule has 0 aromatic carbocycles. The van der Waals surface area contributed by atoms with Crippen LogP contribution in [-0.4, -0.2) is 60.1 Å². The molecule has 19 heavy (non-hydrogen) atoms. The maximum atomic E-state index is 4.49. The molecule has 1 saturated heterocycles. The van der Waals surface area contributed by atoms with Gasteiger partial charge in [-0.1, -0.05) is 0 Å². The van der Waals surface area contributed by atoms with Gasteiger partial charge in [-0.3, -0.25) is 4.90 Å². The summed E-state index contributed by atoms with van der Waals surface area (Å²) < 4.78 is 0. The smallest absolute Gasteiger partial charge is 0.0897 e. The van der Waals surface area contributed by atoms with E-state index in [0.29, 0.717) is 0 Å². The highest BCUT2D eigenvalue weighted by Gasteiger charge is 2.28. The van der Waals surface area contributed by atoms with Crippen LogP contribution >= 0.6 is 11.3 Å². The predicted molar refractivity (Wildman–Crippen MR) is 81.7 cm³/mol. The lowest BCUT2D eigenvalue weighted by molar-refractivity contribution is 0.0617. The first kappa shape index (κ1) is 14.9. The number of nitrogens with one attached hydrogen (secondary N) is 1. The van der Waals surface area contributed by atoms with Gasteiger partial charge in [0.2, 0.25) is 0 Å². The van der Waals surface area contributed by atoms with Crippen molar-refractivity contribution in [2.45, 2.75) is 32.9 Å². The SMILES string of the molecule is Cc1nc(CNCC(C)(C)N2CCN(C)CC2)cs1. The third kappa shape index (κ3) is 4.24. The first-order chi connectivity index (χ1) is 8.97. The largest absolute Gasteiger partial charge is 0.309 e. The molecule has 0 aliphatic carbocycles. The van der Waals surface area contributed by atoms with E-state index < -0.39 is 0 Å². The standard InChI is InChI=1S/C14H26N4S/c1-12-16-13(10-19-12)9-15-11-14(2,3)18-7-5-17(4)6-8-18/h10,15H,5-9,11H2,1-4H3. The molecule has 1 aliphatic rings. The van der Waals surface area contributed by atoms with Gasteiger partial charge in [-0.25, -0.2) is 4.98 Å². The van der Waals surface area contributed by atoms with Gasteiger partial charge in [0.1, 0.15) is 0 Å². The molecule has 1 aromatic rings. The van der Waals surface area contributed by atoms with Crippen LogP contribution in [0.15, 0.2) is 5.38 Å². The molecule has 1 aliphatic heterocycles. The molecular formula is C14H26N4S. The summed E-state index contributed by atoms with van der Waals surface area (Å²) in [5, 5.41) is 6.84. The van der Waals surface area contributed by atoms with Crippen molar-refractivity contribution < 1.29 is 0 Å². The minimum absolute atomic E-state index is 0.215. The fourth-order valence-electron chi connectivity index (χ4n) is 2.51. The van der Waals surface area contributed by atoms with Gasteiger partial charge >= 0.3 is 0 Å². The van der Waals surface area contributed by atoms with Gasteiger partial charge < -0.3 is 10.2 Å². The molecular weight excluding hydrogens is 256 g/mol. The molecule has 2 heterocycles. The van der Waals surface area contributed by atoms with Crippen LogP contribution in [0.1, 0.15) is 24.5 Å². The number of likely N-dealkylation sites (N-methyl/N-ethyl adjacent to an activating group) is 1. The number of aryl methyl sites for hydroxylation is 1. The summed E-state index contributed by atoms with van der Waals surface area (Å²) in [7, 11) is 2.20. The Morgan fingerprint density at radius 1 is 1.32 bits per heavy atom. The molecule has 0 bridgehead atoms. The summed E-state index contributed by atoms with van der Waals surface area (Å²) in [5.41, 5.74) is 1.38. The highest BCUT2D eigenvalue weighted by atomic mass is 32.1. The van der Waals surface area contributed by atoms with Crippen LogP contribution in [0.5, 0.6) is 0 Å². The van der Waals surface area contributed by atoms with Gasteiger partial charge in [0.05, 0.1) is 10.7 Å². The van der Waals surface area contributed by atoms with E-state index >= 15 is 0 Å². The summed E-state index contributed by atoms with van der Waals surface area (Å²) >= 11 is 1.72. The number of hydrogen-bond donors (Lipinski definition) is 1. The molecule has 2 rings (SSSR count). The molecule has 0 unspecified atom stereocenters. The molecule has 4 nitrogen and oxygen atoms in total. The van der Waals surface area contributed by atoms with E-state index in [9.17, 15) is 0 Å². The quantitative estimate of drug-likeness (QED) is 0.888. The van der Waals surface area contributed by atoms with Crippen molar-refractivity contribution in [1.82, 2.24) is 20.1 Å². The first-order valence-electron chi connectivity index (χ1n) is 7.03. The normalized spacial score (nSPS) is 18.9. The van der Waals surface area contributed by atoms with Crippen LogP contribution in [0.4, 0.5) is 0 Å². The van der Waals surface area contributed by atoms with Gasteiger partial charge in [-0.15, -0.1) is 11.3 Å². The molecule has 0 radical (unpaired) electrons. The van der Waals surface area contributed by atoms with E-state index in [1.807, 2.05) is 0 Å². The van der Waals surface area contributed by atoms with Gasteiger partial charge in [-0.2, -0.15) is 0 Å². The first-order valence-corrected chi connectivity index (χ1v) is 7.91. The fourth-order valence-corrected chi connectivity index (χ4v) is 3.12. The second kappa shape index (κ2) is 6.31. The summed E-state index contributed by atoms with van der Waals surface area (Å²) in [6.07, 6.45) is 0. The topological polar surface area (TPSA) is 31.4 Å². The minimum Gasteiger partial charge on any atom is -0.309 e. The van der Waals surface area contributed by atoms with E-state index in [-0.39, 0.29) is 5.54 Å². The Bertz CT molecular complexity index is 394. The number of hydrogen-bond acceptors (Lipinski definition) is 5. The van der Waals surface area contributed by atoms with E-state index in [2.05, 4.69) is 53.3 Å². The second-order valence-corrected chi connectivity index (χ2v) is 7.13. The molecule has 5 heteroatoms. The van der Waals surface area contributed by atoms with Crippen molar-refractivity contribution in [2.75, 3.05) is 39.8 Å². The van der Waals surface area contributed by atoms with Crippen LogP contribution in [0.25, 0.3) is 0 Å². The molecule has 0 spiro atoms. The molecule has 0 atom stereocenters. The Balaban J connectivity index is 1.77. The lowest BCUT2D eigenvalue weighted by Gasteiger charge is -2.43. The van der Waals surface area contributed by atoms with Crippen LogP contribution in [0.2, 0.25) is 0 Å². The third-order valence-electron chi connectivity index (χ3n) is 3.89. The Morgan fingerprint density at radius 2 is 2.00 bits per heavy atom. The fraction of sp³-hybridized carbons (Fsp3) is 0.786. The molecule has 1 N–H and O–H groups in total. The minimum atomic E-state index is 0.215. The van der Waals surface area contributed by atoms with E-state index in [1.54, 1.807) is 11.3 Å². The zero-order chi connectivity index (χ0) is 13.9. The Morgan fingerprint density at radius 3 is 2.58 bits per heavy atom. The van der Waals surface area contributed by atoms with Crippen LogP contribution in [0.3, 0.4) is 0 Å². The second-order valence-electron chi connectivity index (χ2n) is 6.06. The molecule has 0 saturated carbocycles.